The zero-order chi connectivity index (χ0) is 17.6. The van der Waals surface area contributed by atoms with Crippen LogP contribution < -0.4 is 20.5 Å². The van der Waals surface area contributed by atoms with Gasteiger partial charge < -0.3 is 24.9 Å². The van der Waals surface area contributed by atoms with Crippen LogP contribution in [-0.4, -0.2) is 29.6 Å². The predicted octanol–water partition coefficient (Wildman–Crippen LogP) is 2.57. The summed E-state index contributed by atoms with van der Waals surface area (Å²) in [4.78, 5) is 8.85. The summed E-state index contributed by atoms with van der Waals surface area (Å²) in [6.07, 6.45) is 3.92. The highest BCUT2D eigenvalue weighted by atomic mass is 127. The summed E-state index contributed by atoms with van der Waals surface area (Å²) in [5.74, 6) is 1.73. The molecule has 0 aliphatic rings. The molecule has 0 bridgehead atoms. The highest BCUT2D eigenvalue weighted by Crippen LogP contribution is 2.27. The highest BCUT2D eigenvalue weighted by molar-refractivity contribution is 14.0. The van der Waals surface area contributed by atoms with Gasteiger partial charge in [-0.15, -0.1) is 24.0 Å². The molecule has 0 fully saturated rings. The Balaban J connectivity index is 0.00000243. The number of aliphatic imine (C=N–C) groups is 1. The van der Waals surface area contributed by atoms with Crippen LogP contribution in [0.5, 0.6) is 11.5 Å². The fourth-order valence-electron chi connectivity index (χ4n) is 2.46. The first-order valence-electron chi connectivity index (χ1n) is 7.87. The van der Waals surface area contributed by atoms with Crippen molar-refractivity contribution in [2.75, 3.05) is 14.2 Å². The van der Waals surface area contributed by atoms with Crippen molar-refractivity contribution in [1.82, 2.24) is 14.7 Å². The lowest BCUT2D eigenvalue weighted by Crippen LogP contribution is -2.31. The molecule has 0 unspecified atom stereocenters. The Kier molecular flexibility index (Phi) is 7.07. The van der Waals surface area contributed by atoms with Gasteiger partial charge in [0.05, 0.1) is 33.0 Å². The van der Waals surface area contributed by atoms with Crippen molar-refractivity contribution >= 4 is 35.6 Å². The molecule has 0 spiro atoms. The average Bonchev–Trinajstić information content (AvgIpc) is 3.07. The maximum Gasteiger partial charge on any atom is 0.189 e. The molecule has 3 aromatic rings. The monoisotopic (exact) mass is 467 g/mol. The molecule has 3 rings (SSSR count). The lowest BCUT2D eigenvalue weighted by Gasteiger charge is -2.09. The maximum absolute atomic E-state index is 5.94. The molecule has 0 saturated heterocycles. The van der Waals surface area contributed by atoms with E-state index in [1.54, 1.807) is 14.2 Å². The van der Waals surface area contributed by atoms with Crippen molar-refractivity contribution in [3.63, 3.8) is 0 Å². The van der Waals surface area contributed by atoms with Gasteiger partial charge in [-0.1, -0.05) is 12.1 Å². The number of methoxy groups -OCH3 is 2. The SMILES string of the molecule is COc1ccc(CN=C(N)NCc2cn3ccccc3n2)cc1OC.I. The van der Waals surface area contributed by atoms with Crippen LogP contribution in [0, 0.1) is 0 Å². The van der Waals surface area contributed by atoms with Gasteiger partial charge in [0.25, 0.3) is 0 Å². The summed E-state index contributed by atoms with van der Waals surface area (Å²) in [6.45, 7) is 0.966. The Labute approximate surface area is 169 Å². The number of nitrogens with zero attached hydrogens (tertiary/aromatic N) is 3. The molecule has 7 nitrogen and oxygen atoms in total. The minimum Gasteiger partial charge on any atom is -0.493 e. The second-order valence-corrected chi connectivity index (χ2v) is 5.44. The highest BCUT2D eigenvalue weighted by Gasteiger charge is 2.05. The normalized spacial score (nSPS) is 11.1. The summed E-state index contributed by atoms with van der Waals surface area (Å²) in [7, 11) is 3.21. The van der Waals surface area contributed by atoms with Crippen molar-refractivity contribution in [3.8, 4) is 11.5 Å². The number of rotatable bonds is 6. The van der Waals surface area contributed by atoms with Gasteiger partial charge in [0.2, 0.25) is 0 Å². The van der Waals surface area contributed by atoms with Crippen LogP contribution in [0.1, 0.15) is 11.3 Å². The summed E-state index contributed by atoms with van der Waals surface area (Å²) in [6, 6.07) is 11.5. The molecular weight excluding hydrogens is 445 g/mol. The maximum atomic E-state index is 5.94. The van der Waals surface area contributed by atoms with E-state index in [2.05, 4.69) is 15.3 Å². The summed E-state index contributed by atoms with van der Waals surface area (Å²) in [5.41, 5.74) is 8.72. The van der Waals surface area contributed by atoms with Crippen LogP contribution in [0.4, 0.5) is 0 Å². The fourth-order valence-corrected chi connectivity index (χ4v) is 2.46. The third-order valence-corrected chi connectivity index (χ3v) is 3.74. The standard InChI is InChI=1S/C18H21N5O2.HI/c1-24-15-7-6-13(9-16(15)25-2)10-20-18(19)21-11-14-12-23-8-4-3-5-17(23)22-14;/h3-9,12H,10-11H2,1-2H3,(H3,19,20,21);1H. The molecule has 8 heteroatoms. The van der Waals surface area contributed by atoms with E-state index in [0.29, 0.717) is 30.5 Å². The fraction of sp³-hybridized carbons (Fsp3) is 0.222. The minimum absolute atomic E-state index is 0. The lowest BCUT2D eigenvalue weighted by atomic mass is 10.2. The molecule has 1 aromatic carbocycles. The Hall–Kier alpha value is -2.49. The molecule has 0 saturated carbocycles. The predicted molar refractivity (Wildman–Crippen MR) is 112 cm³/mol. The summed E-state index contributed by atoms with van der Waals surface area (Å²) < 4.78 is 12.5. The quantitative estimate of drug-likeness (QED) is 0.331. The first kappa shape index (κ1) is 19.8. The number of pyridine rings is 1. The average molecular weight is 467 g/mol. The zero-order valence-corrected chi connectivity index (χ0v) is 17.0. The Morgan fingerprint density at radius 1 is 1.19 bits per heavy atom. The number of nitrogens with one attached hydrogen (secondary N) is 1. The van der Waals surface area contributed by atoms with Crippen molar-refractivity contribution < 1.29 is 9.47 Å². The first-order chi connectivity index (χ1) is 12.2. The molecule has 138 valence electrons. The number of aromatic nitrogens is 2. The van der Waals surface area contributed by atoms with E-state index in [4.69, 9.17) is 15.2 Å². The van der Waals surface area contributed by atoms with Gasteiger partial charge in [-0.05, 0) is 29.8 Å². The molecular formula is C18H22IN5O2. The van der Waals surface area contributed by atoms with E-state index in [-0.39, 0.29) is 24.0 Å². The van der Waals surface area contributed by atoms with Crippen molar-refractivity contribution in [1.29, 1.82) is 0 Å². The minimum atomic E-state index is 0. The molecule has 2 heterocycles. The first-order valence-corrected chi connectivity index (χ1v) is 7.87. The molecule has 26 heavy (non-hydrogen) atoms. The van der Waals surface area contributed by atoms with Gasteiger partial charge in [-0.2, -0.15) is 0 Å². The lowest BCUT2D eigenvalue weighted by molar-refractivity contribution is 0.354. The van der Waals surface area contributed by atoms with Crippen LogP contribution in [-0.2, 0) is 13.1 Å². The summed E-state index contributed by atoms with van der Waals surface area (Å²) >= 11 is 0. The van der Waals surface area contributed by atoms with Crippen LogP contribution in [0.3, 0.4) is 0 Å². The Morgan fingerprint density at radius 3 is 2.73 bits per heavy atom. The van der Waals surface area contributed by atoms with Gasteiger partial charge in [-0.25, -0.2) is 9.98 Å². The molecule has 0 atom stereocenters. The van der Waals surface area contributed by atoms with Crippen LogP contribution in [0.25, 0.3) is 5.65 Å². The number of benzene rings is 1. The van der Waals surface area contributed by atoms with Gasteiger partial charge in [0.15, 0.2) is 17.5 Å². The topological polar surface area (TPSA) is 86.2 Å². The number of nitrogens with two attached hydrogens (primary N) is 1. The van der Waals surface area contributed by atoms with Crippen LogP contribution >= 0.6 is 24.0 Å². The van der Waals surface area contributed by atoms with E-state index < -0.39 is 0 Å². The Bertz CT molecular complexity index is 861. The van der Waals surface area contributed by atoms with Crippen LogP contribution in [0.15, 0.2) is 53.8 Å². The molecule has 0 aliphatic carbocycles. The third-order valence-electron chi connectivity index (χ3n) is 3.74. The van der Waals surface area contributed by atoms with Crippen molar-refractivity contribution in [3.05, 3.63) is 60.0 Å². The van der Waals surface area contributed by atoms with E-state index in [0.717, 1.165) is 16.9 Å². The molecule has 0 radical (unpaired) electrons. The van der Waals surface area contributed by atoms with Crippen molar-refractivity contribution in [2.24, 2.45) is 10.7 Å². The number of imidazole rings is 1. The number of hydrogen-bond donors (Lipinski definition) is 2. The third kappa shape index (κ3) is 4.78. The second kappa shape index (κ2) is 9.27. The van der Waals surface area contributed by atoms with Gasteiger partial charge in [-0.3, -0.25) is 0 Å². The summed E-state index contributed by atoms with van der Waals surface area (Å²) in [5, 5.41) is 3.08. The number of fused-ring (bicyclic) bond motifs is 1. The van der Waals surface area contributed by atoms with Crippen LogP contribution in [0.2, 0.25) is 0 Å². The van der Waals surface area contributed by atoms with Gasteiger partial charge >= 0.3 is 0 Å². The largest absolute Gasteiger partial charge is 0.493 e. The second-order valence-electron chi connectivity index (χ2n) is 5.44. The van der Waals surface area contributed by atoms with E-state index in [9.17, 15) is 0 Å². The van der Waals surface area contributed by atoms with Gasteiger partial charge in [0.1, 0.15) is 5.65 Å². The Morgan fingerprint density at radius 2 is 2.00 bits per heavy atom. The van der Waals surface area contributed by atoms with Crippen molar-refractivity contribution in [2.45, 2.75) is 13.1 Å². The zero-order valence-electron chi connectivity index (χ0n) is 14.7. The smallest absolute Gasteiger partial charge is 0.189 e. The molecule has 0 aliphatic heterocycles. The molecule has 3 N–H and O–H groups in total. The van der Waals surface area contributed by atoms with E-state index in [1.165, 1.54) is 0 Å². The molecule has 0 amide bonds. The number of halogens is 1. The number of guanidine groups is 1. The van der Waals surface area contributed by atoms with Gasteiger partial charge in [0, 0.05) is 12.4 Å². The number of hydrogen-bond acceptors (Lipinski definition) is 4. The van der Waals surface area contributed by atoms with E-state index >= 15 is 0 Å². The molecule has 2 aromatic heterocycles. The van der Waals surface area contributed by atoms with E-state index in [1.807, 2.05) is 53.2 Å². The number of ether oxygens (including phenoxy) is 2.